The van der Waals surface area contributed by atoms with Crippen LogP contribution in [0.5, 0.6) is 0 Å². The summed E-state index contributed by atoms with van der Waals surface area (Å²) in [7, 11) is 0. The van der Waals surface area contributed by atoms with Crippen LogP contribution in [0.4, 0.5) is 11.4 Å². The van der Waals surface area contributed by atoms with Crippen molar-refractivity contribution in [2.75, 3.05) is 0 Å². The van der Waals surface area contributed by atoms with Gasteiger partial charge in [0.2, 0.25) is 0 Å². The van der Waals surface area contributed by atoms with E-state index in [4.69, 9.17) is 9.98 Å². The maximum absolute atomic E-state index is 5.23. The molecule has 0 aliphatic rings. The first kappa shape index (κ1) is 28.9. The third-order valence-corrected chi connectivity index (χ3v) is 5.41. The van der Waals surface area contributed by atoms with Crippen molar-refractivity contribution in [2.24, 2.45) is 9.98 Å². The van der Waals surface area contributed by atoms with Crippen molar-refractivity contribution in [1.82, 2.24) is 0 Å². The average molecular weight is 487 g/mol. The predicted molar refractivity (Wildman–Crippen MR) is 142 cm³/mol. The van der Waals surface area contributed by atoms with E-state index in [0.29, 0.717) is 0 Å². The molecule has 33 heavy (non-hydrogen) atoms. The van der Waals surface area contributed by atoms with Gasteiger partial charge < -0.3 is 0 Å². The van der Waals surface area contributed by atoms with Gasteiger partial charge in [0.25, 0.3) is 0 Å². The normalized spacial score (nSPS) is 11.5. The van der Waals surface area contributed by atoms with Crippen LogP contribution in [0.15, 0.2) is 52.4 Å². The van der Waals surface area contributed by atoms with E-state index in [1.54, 1.807) is 0 Å². The van der Waals surface area contributed by atoms with E-state index in [1.807, 2.05) is 0 Å². The number of hydrogen-bond donors (Lipinski definition) is 0. The van der Waals surface area contributed by atoms with Crippen molar-refractivity contribution in [1.29, 1.82) is 0 Å². The molecule has 2 aromatic carbocycles. The smallest absolute Gasteiger partial charge is 0.0666 e. The molecule has 0 radical (unpaired) electrons. The molecular weight excluding hydrogens is 447 g/mol. The van der Waals surface area contributed by atoms with Crippen molar-refractivity contribution < 1.29 is 16.5 Å². The first-order valence-electron chi connectivity index (χ1n) is 12.3. The average Bonchev–Trinajstić information content (AvgIpc) is 2.77. The van der Waals surface area contributed by atoms with Gasteiger partial charge >= 0.3 is 0 Å². The van der Waals surface area contributed by atoms with Gasteiger partial charge in [0.15, 0.2) is 0 Å². The van der Waals surface area contributed by atoms with E-state index in [9.17, 15) is 0 Å². The van der Waals surface area contributed by atoms with E-state index in [-0.39, 0.29) is 16.5 Å². The van der Waals surface area contributed by atoms with Crippen molar-refractivity contribution in [3.8, 4) is 11.8 Å². The molecule has 0 saturated heterocycles. The van der Waals surface area contributed by atoms with Gasteiger partial charge in [-0.05, 0) is 80.8 Å². The molecule has 0 unspecified atom stereocenters. The van der Waals surface area contributed by atoms with Gasteiger partial charge in [-0.15, -0.1) is 11.8 Å². The van der Waals surface area contributed by atoms with Crippen LogP contribution in [0.2, 0.25) is 0 Å². The standard InChI is InChI=1S/C30H40N2.Ni/c1-6-9-12-13-16-26-17-14-15-20-28(26)32-30(19-11-8-3)29(18-10-7-2)31-27-22-24(4)21-25(5)23-27;/h14-15,17,20-23H,6-8,10-11,13,16,18-19H2,1-5H3;. The van der Waals surface area contributed by atoms with Crippen LogP contribution >= 0.6 is 0 Å². The molecule has 0 aliphatic carbocycles. The molecule has 0 saturated carbocycles. The summed E-state index contributed by atoms with van der Waals surface area (Å²) in [5.41, 5.74) is 8.18. The van der Waals surface area contributed by atoms with Gasteiger partial charge in [-0.2, -0.15) is 0 Å². The second-order valence-electron chi connectivity index (χ2n) is 8.51. The quantitative estimate of drug-likeness (QED) is 0.172. The molecule has 0 heterocycles. The van der Waals surface area contributed by atoms with E-state index < -0.39 is 0 Å². The molecule has 0 spiro atoms. The van der Waals surface area contributed by atoms with Crippen LogP contribution in [0.1, 0.15) is 88.8 Å². The molecule has 180 valence electrons. The molecule has 0 atom stereocenters. The Balaban J connectivity index is 0.00000544. The van der Waals surface area contributed by atoms with Crippen LogP contribution in [0, 0.1) is 25.7 Å². The molecule has 2 aromatic rings. The number of benzene rings is 2. The molecule has 0 amide bonds. The first-order valence-corrected chi connectivity index (χ1v) is 12.3. The molecule has 2 rings (SSSR count). The largest absolute Gasteiger partial charge is 0.252 e. The van der Waals surface area contributed by atoms with Crippen LogP contribution in [0.3, 0.4) is 0 Å². The maximum atomic E-state index is 5.23. The van der Waals surface area contributed by atoms with Crippen LogP contribution in [0.25, 0.3) is 0 Å². The molecule has 0 fully saturated rings. The Hall–Kier alpha value is -2.17. The number of aliphatic imine (C=N–C) groups is 2. The van der Waals surface area contributed by atoms with Crippen LogP contribution in [-0.2, 0) is 22.9 Å². The van der Waals surface area contributed by atoms with E-state index in [2.05, 4.69) is 88.9 Å². The summed E-state index contributed by atoms with van der Waals surface area (Å²) in [6.07, 6.45) is 9.22. The summed E-state index contributed by atoms with van der Waals surface area (Å²) >= 11 is 0. The Bertz CT molecular complexity index is 956. The van der Waals surface area contributed by atoms with Gasteiger partial charge in [0.05, 0.1) is 22.8 Å². The maximum Gasteiger partial charge on any atom is 0.0666 e. The topological polar surface area (TPSA) is 24.7 Å². The molecule has 3 heteroatoms. The summed E-state index contributed by atoms with van der Waals surface area (Å²) in [6.45, 7) is 10.9. The zero-order chi connectivity index (χ0) is 23.2. The van der Waals surface area contributed by atoms with Crippen molar-refractivity contribution in [3.05, 3.63) is 59.2 Å². The molecule has 0 bridgehead atoms. The van der Waals surface area contributed by atoms with Crippen LogP contribution in [-0.4, -0.2) is 11.4 Å². The summed E-state index contributed by atoms with van der Waals surface area (Å²) in [5.74, 6) is 6.45. The van der Waals surface area contributed by atoms with Gasteiger partial charge in [-0.1, -0.05) is 57.9 Å². The van der Waals surface area contributed by atoms with Gasteiger partial charge in [0.1, 0.15) is 0 Å². The van der Waals surface area contributed by atoms with E-state index >= 15 is 0 Å². The zero-order valence-electron chi connectivity index (χ0n) is 21.1. The summed E-state index contributed by atoms with van der Waals surface area (Å²) in [4.78, 5) is 10.4. The van der Waals surface area contributed by atoms with Gasteiger partial charge in [-0.25, -0.2) is 0 Å². The molecule has 0 aliphatic heterocycles. The SMILES string of the molecule is CCC#CCCc1ccccc1N=C(CCCC)C(CCCC)=Nc1cc(C)cc(C)c1.[Ni]. The van der Waals surface area contributed by atoms with Crippen molar-refractivity contribution in [2.45, 2.75) is 92.4 Å². The third kappa shape index (κ3) is 10.5. The van der Waals surface area contributed by atoms with E-state index in [0.717, 1.165) is 80.6 Å². The number of aryl methyl sites for hydroxylation is 3. The Morgan fingerprint density at radius 1 is 0.788 bits per heavy atom. The molecule has 0 aromatic heterocycles. The minimum absolute atomic E-state index is 0. The fourth-order valence-corrected chi connectivity index (χ4v) is 3.78. The van der Waals surface area contributed by atoms with Crippen molar-refractivity contribution in [3.63, 3.8) is 0 Å². The number of nitrogens with zero attached hydrogens (tertiary/aromatic N) is 2. The van der Waals surface area contributed by atoms with Gasteiger partial charge in [-0.3, -0.25) is 9.98 Å². The Morgan fingerprint density at radius 3 is 2.00 bits per heavy atom. The van der Waals surface area contributed by atoms with Crippen molar-refractivity contribution >= 4 is 22.8 Å². The van der Waals surface area contributed by atoms with E-state index in [1.165, 1.54) is 16.7 Å². The minimum atomic E-state index is 0. The summed E-state index contributed by atoms with van der Waals surface area (Å²) < 4.78 is 0. The van der Waals surface area contributed by atoms with Gasteiger partial charge in [0, 0.05) is 29.3 Å². The first-order chi connectivity index (χ1) is 15.6. The molecular formula is C30H40N2Ni. The Morgan fingerprint density at radius 2 is 1.39 bits per heavy atom. The fourth-order valence-electron chi connectivity index (χ4n) is 3.78. The number of unbranched alkanes of at least 4 members (excludes halogenated alkanes) is 2. The molecule has 2 nitrogen and oxygen atoms in total. The minimum Gasteiger partial charge on any atom is -0.252 e. The van der Waals surface area contributed by atoms with Crippen LogP contribution < -0.4 is 0 Å². The predicted octanol–water partition coefficient (Wildman–Crippen LogP) is 8.87. The fraction of sp³-hybridized carbons (Fsp3) is 0.467. The number of rotatable bonds is 11. The second-order valence-corrected chi connectivity index (χ2v) is 8.51. The monoisotopic (exact) mass is 486 g/mol. The molecule has 0 N–H and O–H groups in total. The number of hydrogen-bond acceptors (Lipinski definition) is 2. The summed E-state index contributed by atoms with van der Waals surface area (Å²) in [5, 5.41) is 0. The zero-order valence-corrected chi connectivity index (χ0v) is 22.1. The third-order valence-electron chi connectivity index (χ3n) is 5.41. The number of para-hydroxylation sites is 1. The Labute approximate surface area is 212 Å². The second kappa shape index (κ2) is 16.4. The summed E-state index contributed by atoms with van der Waals surface area (Å²) in [6, 6.07) is 15.1. The Kier molecular flexibility index (Phi) is 14.4.